The number of halogens is 3. The summed E-state index contributed by atoms with van der Waals surface area (Å²) < 4.78 is 67.7. The maximum Gasteiger partial charge on any atom is 0.416 e. The van der Waals surface area contributed by atoms with Crippen molar-refractivity contribution in [3.8, 4) is 0 Å². The maximum absolute atomic E-state index is 12.4. The van der Waals surface area contributed by atoms with Crippen molar-refractivity contribution < 1.29 is 26.3 Å². The van der Waals surface area contributed by atoms with Gasteiger partial charge in [-0.1, -0.05) is 0 Å². The third-order valence-electron chi connectivity index (χ3n) is 2.30. The quantitative estimate of drug-likeness (QED) is 0.849. The minimum absolute atomic E-state index is 0.0437. The molecule has 0 saturated heterocycles. The number of benzene rings is 1. The van der Waals surface area contributed by atoms with Crippen LogP contribution < -0.4 is 4.72 Å². The highest BCUT2D eigenvalue weighted by Crippen LogP contribution is 2.30. The van der Waals surface area contributed by atoms with Gasteiger partial charge in [-0.05, 0) is 38.1 Å². The number of hydrogen-bond acceptors (Lipinski definition) is 3. The topological polar surface area (TPSA) is 55.4 Å². The molecule has 1 rings (SSSR count). The Labute approximate surface area is 115 Å². The van der Waals surface area contributed by atoms with Crippen LogP contribution in [0.4, 0.5) is 18.9 Å². The molecule has 20 heavy (non-hydrogen) atoms. The highest BCUT2D eigenvalue weighted by molar-refractivity contribution is 7.96. The molecule has 0 radical (unpaired) electrons. The minimum atomic E-state index is -4.46. The molecule has 1 N–H and O–H groups in total. The summed E-state index contributed by atoms with van der Waals surface area (Å²) in [7, 11) is -3.83. The third kappa shape index (κ3) is 4.44. The van der Waals surface area contributed by atoms with Crippen molar-refractivity contribution in [3.63, 3.8) is 0 Å². The van der Waals surface area contributed by atoms with Crippen molar-refractivity contribution in [2.45, 2.75) is 20.0 Å². The highest BCUT2D eigenvalue weighted by atomic mass is 32.2. The Morgan fingerprint density at radius 3 is 2.30 bits per heavy atom. The summed E-state index contributed by atoms with van der Waals surface area (Å²) in [5.74, 6) is 0. The van der Waals surface area contributed by atoms with E-state index in [2.05, 4.69) is 4.72 Å². The maximum atomic E-state index is 12.4. The number of allylic oxidation sites excluding steroid dienone is 1. The summed E-state index contributed by atoms with van der Waals surface area (Å²) in [5, 5.41) is 0. The Morgan fingerprint density at radius 1 is 1.30 bits per heavy atom. The number of rotatable bonds is 5. The van der Waals surface area contributed by atoms with Gasteiger partial charge in [-0.25, -0.2) is 8.42 Å². The van der Waals surface area contributed by atoms with E-state index in [-0.39, 0.29) is 10.6 Å². The number of ether oxygens (including phenoxy) is 1. The van der Waals surface area contributed by atoms with Gasteiger partial charge in [0, 0.05) is 5.69 Å². The summed E-state index contributed by atoms with van der Waals surface area (Å²) in [5.41, 5.74) is -0.802. The predicted molar refractivity (Wildman–Crippen MR) is 69.4 cm³/mol. The van der Waals surface area contributed by atoms with E-state index in [1.54, 1.807) is 6.92 Å². The number of nitrogens with one attached hydrogen (secondary N) is 1. The lowest BCUT2D eigenvalue weighted by atomic mass is 10.2. The molecule has 0 unspecified atom stereocenters. The fourth-order valence-corrected chi connectivity index (χ4v) is 2.03. The normalized spacial score (nSPS) is 13.2. The fraction of sp³-hybridized carbons (Fsp3) is 0.333. The average Bonchev–Trinajstić information content (AvgIpc) is 2.34. The van der Waals surface area contributed by atoms with E-state index in [4.69, 9.17) is 4.74 Å². The number of alkyl halides is 3. The van der Waals surface area contributed by atoms with Gasteiger partial charge in [-0.15, -0.1) is 0 Å². The Morgan fingerprint density at radius 2 is 1.85 bits per heavy atom. The van der Waals surface area contributed by atoms with Crippen LogP contribution in [0.5, 0.6) is 0 Å². The summed E-state index contributed by atoms with van der Waals surface area (Å²) in [6.07, 6.45) is -3.38. The van der Waals surface area contributed by atoms with Crippen LogP contribution in [0.15, 0.2) is 35.4 Å². The second-order valence-corrected chi connectivity index (χ2v) is 5.72. The first kappa shape index (κ1) is 16.4. The highest BCUT2D eigenvalue weighted by Gasteiger charge is 2.30. The fourth-order valence-electron chi connectivity index (χ4n) is 1.23. The summed E-state index contributed by atoms with van der Waals surface area (Å²) >= 11 is 0. The molecular formula is C12H14F3NO3S. The van der Waals surface area contributed by atoms with Crippen molar-refractivity contribution in [1.82, 2.24) is 0 Å². The molecule has 8 heteroatoms. The second kappa shape index (κ2) is 6.17. The van der Waals surface area contributed by atoms with Crippen LogP contribution in [-0.4, -0.2) is 15.0 Å². The van der Waals surface area contributed by atoms with Gasteiger partial charge >= 0.3 is 6.18 Å². The Bertz CT molecular complexity index is 577. The first-order chi connectivity index (χ1) is 9.16. The molecule has 0 aromatic heterocycles. The van der Waals surface area contributed by atoms with Gasteiger partial charge in [0.1, 0.15) is 0 Å². The number of sulfonamides is 1. The van der Waals surface area contributed by atoms with E-state index in [9.17, 15) is 21.6 Å². The summed E-state index contributed by atoms with van der Waals surface area (Å²) in [6, 6.07) is 3.71. The number of hydrogen-bond donors (Lipinski definition) is 1. The van der Waals surface area contributed by atoms with Crippen LogP contribution in [0.25, 0.3) is 0 Å². The monoisotopic (exact) mass is 309 g/mol. The smallest absolute Gasteiger partial charge is 0.416 e. The average molecular weight is 309 g/mol. The molecule has 0 aliphatic heterocycles. The lowest BCUT2D eigenvalue weighted by molar-refractivity contribution is -0.137. The van der Waals surface area contributed by atoms with Crippen LogP contribution >= 0.6 is 0 Å². The van der Waals surface area contributed by atoms with Gasteiger partial charge < -0.3 is 4.74 Å². The zero-order valence-corrected chi connectivity index (χ0v) is 11.7. The van der Waals surface area contributed by atoms with E-state index < -0.39 is 21.8 Å². The molecule has 0 spiro atoms. The third-order valence-corrected chi connectivity index (χ3v) is 3.75. The van der Waals surface area contributed by atoms with E-state index in [0.717, 1.165) is 30.5 Å². The molecule has 0 aliphatic carbocycles. The zero-order valence-electron chi connectivity index (χ0n) is 10.9. The van der Waals surface area contributed by atoms with Gasteiger partial charge in [-0.2, -0.15) is 13.2 Å². The van der Waals surface area contributed by atoms with E-state index in [1.165, 1.54) is 6.92 Å². The minimum Gasteiger partial charge on any atom is -0.500 e. The van der Waals surface area contributed by atoms with E-state index >= 15 is 0 Å². The molecule has 0 bridgehead atoms. The molecule has 0 heterocycles. The first-order valence-corrected chi connectivity index (χ1v) is 7.13. The SMILES string of the molecule is CCO/C=C(\C)S(=O)(=O)Nc1ccc(C(F)(F)F)cc1. The van der Waals surface area contributed by atoms with Crippen molar-refractivity contribution >= 4 is 15.7 Å². The van der Waals surface area contributed by atoms with E-state index in [1.807, 2.05) is 0 Å². The van der Waals surface area contributed by atoms with Gasteiger partial charge in [0.25, 0.3) is 10.0 Å². The van der Waals surface area contributed by atoms with Crippen LogP contribution in [-0.2, 0) is 20.9 Å². The van der Waals surface area contributed by atoms with Crippen molar-refractivity contribution in [2.75, 3.05) is 11.3 Å². The Balaban J connectivity index is 2.89. The molecule has 112 valence electrons. The standard InChI is InChI=1S/C12H14F3NO3S/c1-3-19-8-9(2)20(17,18)16-11-6-4-10(5-7-11)12(13,14)15/h4-8,16H,3H2,1-2H3/b9-8+. The summed E-state index contributed by atoms with van der Waals surface area (Å²) in [4.78, 5) is -0.0701. The van der Waals surface area contributed by atoms with Gasteiger partial charge in [-0.3, -0.25) is 4.72 Å². The molecule has 0 amide bonds. The van der Waals surface area contributed by atoms with Gasteiger partial charge in [0.05, 0.1) is 23.3 Å². The summed E-state index contributed by atoms with van der Waals surface area (Å²) in [6.45, 7) is 3.33. The Hall–Kier alpha value is -1.70. The molecule has 1 aromatic carbocycles. The van der Waals surface area contributed by atoms with Crippen LogP contribution in [0.1, 0.15) is 19.4 Å². The molecule has 1 aromatic rings. The van der Waals surface area contributed by atoms with Crippen LogP contribution in [0.2, 0.25) is 0 Å². The van der Waals surface area contributed by atoms with Crippen molar-refractivity contribution in [1.29, 1.82) is 0 Å². The van der Waals surface area contributed by atoms with Gasteiger partial charge in [0.2, 0.25) is 0 Å². The zero-order chi connectivity index (χ0) is 15.4. The molecule has 0 atom stereocenters. The molecular weight excluding hydrogens is 295 g/mol. The first-order valence-electron chi connectivity index (χ1n) is 5.65. The second-order valence-electron chi connectivity index (χ2n) is 3.86. The molecule has 0 aliphatic rings. The molecule has 0 fully saturated rings. The predicted octanol–water partition coefficient (Wildman–Crippen LogP) is 3.34. The lowest BCUT2D eigenvalue weighted by Crippen LogP contribution is -2.14. The lowest BCUT2D eigenvalue weighted by Gasteiger charge is -2.10. The largest absolute Gasteiger partial charge is 0.500 e. The molecule has 0 saturated carbocycles. The molecule has 4 nitrogen and oxygen atoms in total. The van der Waals surface area contributed by atoms with Crippen LogP contribution in [0, 0.1) is 0 Å². The number of anilines is 1. The Kier molecular flexibility index (Phi) is 5.04. The van der Waals surface area contributed by atoms with Crippen molar-refractivity contribution in [2.24, 2.45) is 0 Å². The van der Waals surface area contributed by atoms with Gasteiger partial charge in [0.15, 0.2) is 0 Å². The van der Waals surface area contributed by atoms with E-state index in [0.29, 0.717) is 6.61 Å². The van der Waals surface area contributed by atoms with Crippen LogP contribution in [0.3, 0.4) is 0 Å². The van der Waals surface area contributed by atoms with Crippen molar-refractivity contribution in [3.05, 3.63) is 41.0 Å².